The van der Waals surface area contributed by atoms with Gasteiger partial charge in [-0.1, -0.05) is 71.9 Å². The zero-order chi connectivity index (χ0) is 18.9. The van der Waals surface area contributed by atoms with Gasteiger partial charge in [-0.05, 0) is 35.4 Å². The number of nitrogens with one attached hydrogen (secondary N) is 1. The molecule has 0 saturated carbocycles. The van der Waals surface area contributed by atoms with Crippen molar-refractivity contribution in [2.45, 2.75) is 22.9 Å². The molecule has 0 amide bonds. The van der Waals surface area contributed by atoms with Gasteiger partial charge in [0.2, 0.25) is 0 Å². The maximum absolute atomic E-state index is 9.53. The Labute approximate surface area is 169 Å². The SMILES string of the molecule is OCc1ccccc1Sc1ccccc1CNCCOc1ccccc1Cl. The predicted octanol–water partition coefficient (Wildman–Crippen LogP) is 5.15. The molecule has 0 saturated heterocycles. The molecule has 0 bridgehead atoms. The average molecular weight is 400 g/mol. The van der Waals surface area contributed by atoms with E-state index < -0.39 is 0 Å². The minimum absolute atomic E-state index is 0.0446. The maximum atomic E-state index is 9.53. The Hall–Kier alpha value is -1.98. The van der Waals surface area contributed by atoms with E-state index in [1.165, 1.54) is 10.5 Å². The third kappa shape index (κ3) is 5.75. The molecule has 0 radical (unpaired) electrons. The molecule has 0 spiro atoms. The Morgan fingerprint density at radius 1 is 0.852 bits per heavy atom. The van der Waals surface area contributed by atoms with Crippen molar-refractivity contribution in [2.24, 2.45) is 0 Å². The molecule has 3 nitrogen and oxygen atoms in total. The van der Waals surface area contributed by atoms with Gasteiger partial charge < -0.3 is 15.2 Å². The Kier molecular flexibility index (Phi) is 7.60. The molecule has 0 aliphatic heterocycles. The first-order valence-corrected chi connectivity index (χ1v) is 10.00. The molecule has 0 aliphatic rings. The van der Waals surface area contributed by atoms with Crippen LogP contribution in [0.2, 0.25) is 5.02 Å². The Morgan fingerprint density at radius 2 is 1.48 bits per heavy atom. The molecule has 3 aromatic rings. The van der Waals surface area contributed by atoms with Gasteiger partial charge in [0, 0.05) is 22.9 Å². The lowest BCUT2D eigenvalue weighted by Crippen LogP contribution is -2.21. The molecule has 0 unspecified atom stereocenters. The zero-order valence-electron chi connectivity index (χ0n) is 14.9. The van der Waals surface area contributed by atoms with Gasteiger partial charge >= 0.3 is 0 Å². The smallest absolute Gasteiger partial charge is 0.137 e. The number of rotatable bonds is 9. The van der Waals surface area contributed by atoms with E-state index in [2.05, 4.69) is 17.4 Å². The van der Waals surface area contributed by atoms with Crippen LogP contribution in [0.4, 0.5) is 0 Å². The lowest BCUT2D eigenvalue weighted by molar-refractivity contribution is 0.279. The number of halogens is 1. The molecule has 0 heterocycles. The van der Waals surface area contributed by atoms with Crippen molar-refractivity contribution in [3.05, 3.63) is 88.9 Å². The topological polar surface area (TPSA) is 41.5 Å². The molecule has 140 valence electrons. The molecule has 0 aromatic heterocycles. The second-order valence-corrected chi connectivity index (χ2v) is 7.42. The summed E-state index contributed by atoms with van der Waals surface area (Å²) in [4.78, 5) is 2.26. The lowest BCUT2D eigenvalue weighted by Gasteiger charge is -2.13. The number of aliphatic hydroxyl groups is 1. The number of hydrogen-bond donors (Lipinski definition) is 2. The molecule has 3 aromatic carbocycles. The van der Waals surface area contributed by atoms with Crippen LogP contribution in [-0.2, 0) is 13.2 Å². The highest BCUT2D eigenvalue weighted by Crippen LogP contribution is 2.32. The quantitative estimate of drug-likeness (QED) is 0.488. The highest BCUT2D eigenvalue weighted by Gasteiger charge is 2.07. The normalized spacial score (nSPS) is 10.7. The molecule has 27 heavy (non-hydrogen) atoms. The van der Waals surface area contributed by atoms with Crippen LogP contribution in [0.15, 0.2) is 82.6 Å². The molecule has 0 atom stereocenters. The van der Waals surface area contributed by atoms with Crippen LogP contribution in [0.1, 0.15) is 11.1 Å². The first-order valence-electron chi connectivity index (χ1n) is 8.80. The first kappa shape index (κ1) is 19.8. The number of benzene rings is 3. The number of ether oxygens (including phenoxy) is 1. The van der Waals surface area contributed by atoms with Crippen LogP contribution in [0.3, 0.4) is 0 Å². The summed E-state index contributed by atoms with van der Waals surface area (Å²) in [7, 11) is 0. The maximum Gasteiger partial charge on any atom is 0.137 e. The van der Waals surface area contributed by atoms with Gasteiger partial charge in [-0.3, -0.25) is 0 Å². The van der Waals surface area contributed by atoms with Crippen LogP contribution in [0.5, 0.6) is 5.75 Å². The molecule has 0 fully saturated rings. The third-order valence-corrected chi connectivity index (χ3v) is 5.57. The minimum Gasteiger partial charge on any atom is -0.491 e. The van der Waals surface area contributed by atoms with E-state index in [1.807, 2.05) is 60.7 Å². The molecular formula is C22H22ClNO2S. The van der Waals surface area contributed by atoms with Crippen LogP contribution >= 0.6 is 23.4 Å². The fraction of sp³-hybridized carbons (Fsp3) is 0.182. The van der Waals surface area contributed by atoms with Crippen molar-refractivity contribution in [3.63, 3.8) is 0 Å². The molecular weight excluding hydrogens is 378 g/mol. The minimum atomic E-state index is 0.0446. The summed E-state index contributed by atoms with van der Waals surface area (Å²) >= 11 is 7.77. The highest BCUT2D eigenvalue weighted by atomic mass is 35.5. The summed E-state index contributed by atoms with van der Waals surface area (Å²) in [5.74, 6) is 0.706. The summed E-state index contributed by atoms with van der Waals surface area (Å²) < 4.78 is 5.70. The molecule has 5 heteroatoms. The van der Waals surface area contributed by atoms with Gasteiger partial charge in [-0.25, -0.2) is 0 Å². The van der Waals surface area contributed by atoms with Crippen molar-refractivity contribution in [1.82, 2.24) is 5.32 Å². The zero-order valence-corrected chi connectivity index (χ0v) is 16.5. The first-order chi connectivity index (χ1) is 13.3. The van der Waals surface area contributed by atoms with Crippen molar-refractivity contribution in [1.29, 1.82) is 0 Å². The van der Waals surface area contributed by atoms with Gasteiger partial charge in [0.1, 0.15) is 12.4 Å². The van der Waals surface area contributed by atoms with Crippen molar-refractivity contribution >= 4 is 23.4 Å². The van der Waals surface area contributed by atoms with E-state index in [-0.39, 0.29) is 6.61 Å². The lowest BCUT2D eigenvalue weighted by atomic mass is 10.2. The van der Waals surface area contributed by atoms with E-state index in [9.17, 15) is 5.11 Å². The Balaban J connectivity index is 1.54. The second kappa shape index (κ2) is 10.4. The monoisotopic (exact) mass is 399 g/mol. The van der Waals surface area contributed by atoms with E-state index in [4.69, 9.17) is 16.3 Å². The van der Waals surface area contributed by atoms with E-state index in [1.54, 1.807) is 11.8 Å². The standard InChI is InChI=1S/C22H22ClNO2S/c23-19-9-3-4-10-20(19)26-14-13-24-15-17-7-1-5-11-21(17)27-22-12-6-2-8-18(22)16-25/h1-12,24-25H,13-16H2. The van der Waals surface area contributed by atoms with Gasteiger partial charge in [-0.2, -0.15) is 0 Å². The molecule has 0 aliphatic carbocycles. The highest BCUT2D eigenvalue weighted by molar-refractivity contribution is 7.99. The number of para-hydroxylation sites is 1. The van der Waals surface area contributed by atoms with Crippen molar-refractivity contribution < 1.29 is 9.84 Å². The fourth-order valence-electron chi connectivity index (χ4n) is 2.62. The van der Waals surface area contributed by atoms with Gasteiger partial charge in [0.25, 0.3) is 0 Å². The largest absolute Gasteiger partial charge is 0.491 e. The van der Waals surface area contributed by atoms with Gasteiger partial charge in [0.15, 0.2) is 0 Å². The van der Waals surface area contributed by atoms with Gasteiger partial charge in [0.05, 0.1) is 11.6 Å². The third-order valence-electron chi connectivity index (χ3n) is 4.02. The van der Waals surface area contributed by atoms with E-state index >= 15 is 0 Å². The van der Waals surface area contributed by atoms with Crippen LogP contribution in [0, 0.1) is 0 Å². The molecule has 3 rings (SSSR count). The summed E-state index contributed by atoms with van der Waals surface area (Å²) in [5, 5.41) is 13.6. The molecule has 2 N–H and O–H groups in total. The van der Waals surface area contributed by atoms with E-state index in [0.29, 0.717) is 17.4 Å². The van der Waals surface area contributed by atoms with Crippen LogP contribution in [-0.4, -0.2) is 18.3 Å². The Bertz CT molecular complexity index is 872. The van der Waals surface area contributed by atoms with Crippen LogP contribution in [0.25, 0.3) is 0 Å². The summed E-state index contributed by atoms with van der Waals surface area (Å²) in [5.41, 5.74) is 2.16. The van der Waals surface area contributed by atoms with Crippen molar-refractivity contribution in [3.8, 4) is 5.75 Å². The summed E-state index contributed by atoms with van der Waals surface area (Å²) in [6.45, 7) is 2.06. The number of hydrogen-bond acceptors (Lipinski definition) is 4. The van der Waals surface area contributed by atoms with Crippen molar-refractivity contribution in [2.75, 3.05) is 13.2 Å². The average Bonchev–Trinajstić information content (AvgIpc) is 2.70. The summed E-state index contributed by atoms with van der Waals surface area (Å²) in [6, 6.07) is 23.7. The Morgan fingerprint density at radius 3 is 2.22 bits per heavy atom. The number of aliphatic hydroxyl groups excluding tert-OH is 1. The van der Waals surface area contributed by atoms with Gasteiger partial charge in [-0.15, -0.1) is 0 Å². The second-order valence-electron chi connectivity index (χ2n) is 5.93. The van der Waals surface area contributed by atoms with E-state index in [0.717, 1.165) is 23.5 Å². The summed E-state index contributed by atoms with van der Waals surface area (Å²) in [6.07, 6.45) is 0. The van der Waals surface area contributed by atoms with Crippen LogP contribution < -0.4 is 10.1 Å². The fourth-order valence-corrected chi connectivity index (χ4v) is 3.88. The predicted molar refractivity (Wildman–Crippen MR) is 112 cm³/mol.